The highest BCUT2D eigenvalue weighted by Crippen LogP contribution is 2.41. The second kappa shape index (κ2) is 22.6. The zero-order valence-electron chi connectivity index (χ0n) is 40.7. The molecule has 370 valence electrons. The van der Waals surface area contributed by atoms with Gasteiger partial charge in [-0.2, -0.15) is 0 Å². The number of carbonyl (C=O) groups is 2. The lowest BCUT2D eigenvalue weighted by Crippen LogP contribution is -2.61. The number of esters is 1. The first-order chi connectivity index (χ1) is 28.9. The van der Waals surface area contributed by atoms with Crippen LogP contribution in [-0.4, -0.2) is 201 Å². The third-order valence-electron chi connectivity index (χ3n) is 14.1. The number of hydrogen-bond acceptors (Lipinski definition) is 18. The Hall–Kier alpha value is -1.46. The molecule has 4 rings (SSSR count). The fourth-order valence-electron chi connectivity index (χ4n) is 9.97. The number of nitrogens with zero attached hydrogens (tertiary/aromatic N) is 2. The summed E-state index contributed by atoms with van der Waals surface area (Å²) < 4.78 is 42.1. The predicted octanol–water partition coefficient (Wildman–Crippen LogP) is 1.19. The Bertz CT molecular complexity index is 1450. The number of likely N-dealkylation sites (N-methyl/N-ethyl adjacent to an activating group) is 2. The van der Waals surface area contributed by atoms with Gasteiger partial charge in [0.05, 0.1) is 53.7 Å². The van der Waals surface area contributed by atoms with Crippen molar-refractivity contribution in [3.8, 4) is 0 Å². The van der Waals surface area contributed by atoms with E-state index in [9.17, 15) is 45.3 Å². The Morgan fingerprint density at radius 2 is 1.27 bits per heavy atom. The fraction of sp³-hybridized carbons (Fsp3) is 0.956. The second-order valence-electron chi connectivity index (χ2n) is 20.1. The molecule has 4 heterocycles. The van der Waals surface area contributed by atoms with Crippen molar-refractivity contribution in [1.29, 1.82) is 0 Å². The lowest BCUT2D eigenvalue weighted by atomic mass is 9.74. The van der Waals surface area contributed by atoms with Crippen LogP contribution in [0.25, 0.3) is 0 Å². The third kappa shape index (κ3) is 13.2. The van der Waals surface area contributed by atoms with E-state index in [0.717, 1.165) is 6.42 Å². The van der Waals surface area contributed by atoms with Crippen LogP contribution in [0.3, 0.4) is 0 Å². The molecule has 0 amide bonds. The van der Waals surface area contributed by atoms with E-state index in [0.29, 0.717) is 6.42 Å². The molecule has 4 aliphatic heterocycles. The number of hydrogen-bond donors (Lipinski definition) is 7. The average molecular weight is 909 g/mol. The summed E-state index contributed by atoms with van der Waals surface area (Å²) in [7, 11) is 8.95. The van der Waals surface area contributed by atoms with Crippen LogP contribution in [0.1, 0.15) is 108 Å². The molecule has 0 aromatic heterocycles. The van der Waals surface area contributed by atoms with Crippen LogP contribution >= 0.6 is 0 Å². The highest BCUT2D eigenvalue weighted by molar-refractivity contribution is 5.83. The molecule has 4 fully saturated rings. The van der Waals surface area contributed by atoms with Crippen molar-refractivity contribution in [1.82, 2.24) is 9.80 Å². The highest BCUT2D eigenvalue weighted by atomic mass is 16.7. The van der Waals surface area contributed by atoms with E-state index >= 15 is 0 Å². The van der Waals surface area contributed by atoms with Crippen LogP contribution in [0.5, 0.6) is 0 Å². The Labute approximate surface area is 375 Å². The van der Waals surface area contributed by atoms with Crippen LogP contribution in [0.15, 0.2) is 0 Å². The Morgan fingerprint density at radius 3 is 1.79 bits per heavy atom. The van der Waals surface area contributed by atoms with E-state index in [1.807, 2.05) is 51.8 Å². The molecule has 0 aliphatic carbocycles. The molecule has 0 spiro atoms. The normalized spacial score (nSPS) is 48.6. The third-order valence-corrected chi connectivity index (χ3v) is 14.1. The Kier molecular flexibility index (Phi) is 20.0. The summed E-state index contributed by atoms with van der Waals surface area (Å²) in [5, 5.41) is 76.4. The van der Waals surface area contributed by atoms with Gasteiger partial charge >= 0.3 is 5.97 Å². The van der Waals surface area contributed by atoms with Gasteiger partial charge in [-0.3, -0.25) is 9.59 Å². The second-order valence-corrected chi connectivity index (χ2v) is 20.1. The van der Waals surface area contributed by atoms with Crippen LogP contribution in [0.4, 0.5) is 0 Å². The van der Waals surface area contributed by atoms with E-state index in [4.69, 9.17) is 33.2 Å². The molecular weight excluding hydrogens is 824 g/mol. The molecule has 18 nitrogen and oxygen atoms in total. The number of aliphatic hydroxyl groups is 7. The summed E-state index contributed by atoms with van der Waals surface area (Å²) >= 11 is 0. The fourth-order valence-corrected chi connectivity index (χ4v) is 9.97. The lowest BCUT2D eigenvalue weighted by Gasteiger charge is -2.49. The minimum absolute atomic E-state index is 0.01000. The summed E-state index contributed by atoms with van der Waals surface area (Å²) in [5.74, 6) is -4.98. The molecule has 4 aliphatic rings. The molecule has 0 radical (unpaired) electrons. The number of ketones is 1. The maximum Gasteiger partial charge on any atom is 0.311 e. The van der Waals surface area contributed by atoms with E-state index < -0.39 is 120 Å². The average Bonchev–Trinajstić information content (AvgIpc) is 3.20. The van der Waals surface area contributed by atoms with Crippen molar-refractivity contribution < 1.29 is 78.5 Å². The zero-order chi connectivity index (χ0) is 48.3. The summed E-state index contributed by atoms with van der Waals surface area (Å²) in [6, 6.07) is -0.334. The van der Waals surface area contributed by atoms with Gasteiger partial charge in [-0.05, 0) is 102 Å². The number of Topliss-reactive ketones (excluding diaryl/α,β-unsaturated/α-hetero) is 1. The number of rotatable bonds is 8. The maximum atomic E-state index is 14.1. The maximum absolute atomic E-state index is 14.1. The first-order valence-electron chi connectivity index (χ1n) is 22.7. The van der Waals surface area contributed by atoms with Gasteiger partial charge in [0.1, 0.15) is 35.8 Å². The summed E-state index contributed by atoms with van der Waals surface area (Å²) in [6.45, 7) is 18.2. The summed E-state index contributed by atoms with van der Waals surface area (Å²) in [5.41, 5.74) is -4.84. The summed E-state index contributed by atoms with van der Waals surface area (Å²) in [6.07, 6.45) is -10.8. The van der Waals surface area contributed by atoms with Gasteiger partial charge in [0.25, 0.3) is 0 Å². The molecule has 0 aromatic rings. The smallest absolute Gasteiger partial charge is 0.311 e. The van der Waals surface area contributed by atoms with Crippen molar-refractivity contribution in [2.75, 3.05) is 35.3 Å². The molecule has 63 heavy (non-hydrogen) atoms. The van der Waals surface area contributed by atoms with Gasteiger partial charge in [0.15, 0.2) is 18.9 Å². The van der Waals surface area contributed by atoms with Gasteiger partial charge in [0, 0.05) is 43.4 Å². The van der Waals surface area contributed by atoms with Crippen molar-refractivity contribution in [3.05, 3.63) is 0 Å². The Balaban J connectivity index is 0.000000756. The van der Waals surface area contributed by atoms with Crippen LogP contribution in [0, 0.1) is 23.7 Å². The number of methoxy groups -OCH3 is 1. The number of cyclic esters (lactones) is 1. The minimum atomic E-state index is -1.99. The zero-order valence-corrected chi connectivity index (χ0v) is 40.7. The molecule has 18 heteroatoms. The SMILES string of the molecule is CC[C@H]1OC(=O)[C@H](C)[C@@H](O[C@H]2C[C@@](C)(OC)[C@@H](O)[C@H](C)O2)[C@H](C)[C@@H](O[C@@H]2O[C@H](C)C[C@H](N(C)C)[C@H]2O)[C@](C)(O)C[C@@H](C)C(=O)[C@H](C)[C@@H](O)[C@]1(C)O.C[C@@H]1C[C@H](N(C)C)[C@@H](O)[C@H](O)O1. The minimum Gasteiger partial charge on any atom is -0.459 e. The van der Waals surface area contributed by atoms with E-state index in [1.165, 1.54) is 27.9 Å². The van der Waals surface area contributed by atoms with Crippen molar-refractivity contribution in [2.24, 2.45) is 23.7 Å². The molecule has 0 saturated carbocycles. The van der Waals surface area contributed by atoms with Crippen molar-refractivity contribution >= 4 is 11.8 Å². The van der Waals surface area contributed by atoms with Crippen LogP contribution in [0.2, 0.25) is 0 Å². The predicted molar refractivity (Wildman–Crippen MR) is 231 cm³/mol. The monoisotopic (exact) mass is 909 g/mol. The topological polar surface area (TPSA) is 247 Å². The van der Waals surface area contributed by atoms with Crippen LogP contribution in [-0.2, 0) is 42.7 Å². The van der Waals surface area contributed by atoms with Gasteiger partial charge in [-0.15, -0.1) is 0 Å². The van der Waals surface area contributed by atoms with Crippen molar-refractivity contribution in [3.63, 3.8) is 0 Å². The van der Waals surface area contributed by atoms with Crippen LogP contribution < -0.4 is 0 Å². The van der Waals surface area contributed by atoms with E-state index in [-0.39, 0.29) is 43.6 Å². The molecule has 4 saturated heterocycles. The van der Waals surface area contributed by atoms with Gasteiger partial charge in [0.2, 0.25) is 0 Å². The molecule has 0 aromatic carbocycles. The molecule has 22 atom stereocenters. The largest absolute Gasteiger partial charge is 0.459 e. The first kappa shape index (κ1) is 55.9. The van der Waals surface area contributed by atoms with Gasteiger partial charge < -0.3 is 78.7 Å². The van der Waals surface area contributed by atoms with Gasteiger partial charge in [-0.25, -0.2) is 0 Å². The lowest BCUT2D eigenvalue weighted by molar-refractivity contribution is -0.318. The van der Waals surface area contributed by atoms with E-state index in [2.05, 4.69) is 0 Å². The summed E-state index contributed by atoms with van der Waals surface area (Å²) in [4.78, 5) is 31.7. The standard InChI is InChI=1S/C37H67NO13.C8H17NO3/c1-14-25-37(10,45)30(41)20(4)27(39)18(2)16-35(8,44)32(51-34-28(40)24(38(11)12)15-19(3)47-34)21(5)29(22(6)33(43)49-25)50-26-17-36(9,46-13)31(42)23(7)48-26;1-5-4-6(9(2)3)7(10)8(11)12-5/h18-26,28-32,34,40-42,44-45H,14-17H2,1-13H3;5-8,10-11H,4H2,1-3H3/t18-,19-,20+,21+,22-,23+,24+,25-,26+,28-,29+,30-,31+,32-,34+,35-,36-,37-;5-,6+,7-,8-/m11/s1. The highest BCUT2D eigenvalue weighted by Gasteiger charge is 2.53. The Morgan fingerprint density at radius 1 is 0.730 bits per heavy atom. The van der Waals surface area contributed by atoms with E-state index in [1.54, 1.807) is 41.5 Å². The molecule has 0 unspecified atom stereocenters. The van der Waals surface area contributed by atoms with Crippen molar-refractivity contribution in [2.45, 2.75) is 217 Å². The van der Waals surface area contributed by atoms with Gasteiger partial charge in [-0.1, -0.05) is 27.7 Å². The number of aliphatic hydroxyl groups excluding tert-OH is 5. The quantitative estimate of drug-likeness (QED) is 0.169. The first-order valence-corrected chi connectivity index (χ1v) is 22.7. The number of ether oxygens (including phenoxy) is 7. The molecule has 0 bridgehead atoms. The number of carbonyl (C=O) groups excluding carboxylic acids is 2. The molecule has 7 N–H and O–H groups in total. The molecular formula is C45H84N2O16.